The maximum absolute atomic E-state index is 5.59. The Morgan fingerprint density at radius 2 is 1.02 bits per heavy atom. The predicted molar refractivity (Wildman–Crippen MR) is 246 cm³/mol. The minimum atomic E-state index is -0.128. The Labute approximate surface area is 340 Å². The molecular weight excluding hydrogens is 717 g/mol. The molecule has 0 saturated heterocycles. The van der Waals surface area contributed by atoms with Gasteiger partial charge in [-0.3, -0.25) is 4.57 Å². The molecule has 4 nitrogen and oxygen atoms in total. The van der Waals surface area contributed by atoms with E-state index in [1.165, 1.54) is 65.6 Å². The van der Waals surface area contributed by atoms with Crippen LogP contribution in [0.25, 0.3) is 110 Å². The third kappa shape index (κ3) is 4.43. The molecule has 0 unspecified atom stereocenters. The summed E-state index contributed by atoms with van der Waals surface area (Å²) in [6, 6.07) is 66.4. The molecular formula is C55H36N4. The molecule has 276 valence electrons. The number of fused-ring (bicyclic) bond motifs is 12. The molecule has 0 radical (unpaired) electrons. The van der Waals surface area contributed by atoms with Gasteiger partial charge < -0.3 is 4.57 Å². The predicted octanol–water partition coefficient (Wildman–Crippen LogP) is 14.1. The minimum absolute atomic E-state index is 0.128. The highest BCUT2D eigenvalue weighted by Crippen LogP contribution is 2.50. The molecule has 9 aromatic carbocycles. The van der Waals surface area contributed by atoms with Gasteiger partial charge in [-0.1, -0.05) is 153 Å². The topological polar surface area (TPSA) is 35.6 Å². The van der Waals surface area contributed by atoms with E-state index in [-0.39, 0.29) is 5.41 Å². The lowest BCUT2D eigenvalue weighted by molar-refractivity contribution is 0.660. The van der Waals surface area contributed by atoms with Crippen molar-refractivity contribution in [2.45, 2.75) is 19.3 Å². The first kappa shape index (κ1) is 32.5. The van der Waals surface area contributed by atoms with Crippen LogP contribution >= 0.6 is 0 Å². The number of hydrogen-bond acceptors (Lipinski definition) is 2. The molecule has 0 bridgehead atoms. The highest BCUT2D eigenvalue weighted by atomic mass is 15.2. The third-order valence-corrected chi connectivity index (χ3v) is 13.1. The van der Waals surface area contributed by atoms with Crippen LogP contribution in [-0.2, 0) is 5.41 Å². The zero-order valence-corrected chi connectivity index (χ0v) is 32.6. The average Bonchev–Trinajstić information content (AvgIpc) is 3.86. The van der Waals surface area contributed by atoms with Gasteiger partial charge in [-0.25, -0.2) is 9.97 Å². The molecule has 3 heterocycles. The monoisotopic (exact) mass is 752 g/mol. The molecule has 12 aromatic rings. The maximum atomic E-state index is 5.59. The molecule has 4 heteroatoms. The molecule has 0 atom stereocenters. The normalized spacial score (nSPS) is 13.4. The Morgan fingerprint density at radius 3 is 1.85 bits per heavy atom. The van der Waals surface area contributed by atoms with Crippen LogP contribution < -0.4 is 0 Å². The minimum Gasteiger partial charge on any atom is -0.308 e. The van der Waals surface area contributed by atoms with Crippen LogP contribution in [0.5, 0.6) is 0 Å². The van der Waals surface area contributed by atoms with E-state index in [9.17, 15) is 0 Å². The van der Waals surface area contributed by atoms with Crippen molar-refractivity contribution in [3.63, 3.8) is 0 Å². The number of para-hydroxylation sites is 3. The molecule has 0 spiro atoms. The first-order valence-corrected chi connectivity index (χ1v) is 20.4. The summed E-state index contributed by atoms with van der Waals surface area (Å²) in [6.45, 7) is 4.68. The molecule has 3 aromatic heterocycles. The Hall–Kier alpha value is -7.56. The van der Waals surface area contributed by atoms with Crippen LogP contribution in [0.4, 0.5) is 0 Å². The molecule has 13 rings (SSSR count). The standard InChI is InChI=1S/C55H36N4/c1-55(2)44-23-11-7-19-38(44)39-28-27-36(30-45(39)55)52-41-21-8-12-24-46(41)56-54(57-52)59-48-26-14-10-22-42(48)51-50(59)32-35-17-5-6-18-37(35)53(51)58-47-25-13-9-20-40(47)43-29-33-15-3-4-16-34(33)31-49(43)58/h3-32H,1-2H3. The summed E-state index contributed by atoms with van der Waals surface area (Å²) in [5.41, 5.74) is 13.8. The lowest BCUT2D eigenvalue weighted by Gasteiger charge is -2.22. The van der Waals surface area contributed by atoms with Gasteiger partial charge in [0.15, 0.2) is 0 Å². The van der Waals surface area contributed by atoms with E-state index in [1.54, 1.807) is 0 Å². The molecule has 0 saturated carbocycles. The van der Waals surface area contributed by atoms with Gasteiger partial charge in [-0.15, -0.1) is 0 Å². The Bertz CT molecular complexity index is 3770. The van der Waals surface area contributed by atoms with E-state index in [2.05, 4.69) is 205 Å². The summed E-state index contributed by atoms with van der Waals surface area (Å²) in [6.07, 6.45) is 0. The molecule has 1 aliphatic carbocycles. The highest BCUT2D eigenvalue weighted by Gasteiger charge is 2.35. The average molecular weight is 753 g/mol. The van der Waals surface area contributed by atoms with E-state index < -0.39 is 0 Å². The lowest BCUT2D eigenvalue weighted by atomic mass is 9.82. The van der Waals surface area contributed by atoms with E-state index in [4.69, 9.17) is 9.97 Å². The van der Waals surface area contributed by atoms with Crippen molar-refractivity contribution in [3.05, 3.63) is 193 Å². The van der Waals surface area contributed by atoms with Crippen LogP contribution in [-0.4, -0.2) is 19.1 Å². The summed E-state index contributed by atoms with van der Waals surface area (Å²) in [7, 11) is 0. The molecule has 0 fully saturated rings. The summed E-state index contributed by atoms with van der Waals surface area (Å²) < 4.78 is 4.81. The summed E-state index contributed by atoms with van der Waals surface area (Å²) in [5, 5.41) is 10.7. The zero-order valence-electron chi connectivity index (χ0n) is 32.6. The molecule has 59 heavy (non-hydrogen) atoms. The van der Waals surface area contributed by atoms with Gasteiger partial charge in [0.25, 0.3) is 0 Å². The van der Waals surface area contributed by atoms with Crippen molar-refractivity contribution in [2.24, 2.45) is 0 Å². The second-order valence-corrected chi connectivity index (χ2v) is 16.6. The van der Waals surface area contributed by atoms with E-state index >= 15 is 0 Å². The van der Waals surface area contributed by atoms with Crippen LogP contribution in [0.1, 0.15) is 25.0 Å². The quantitative estimate of drug-likeness (QED) is 0.180. The number of aromatic nitrogens is 4. The second-order valence-electron chi connectivity index (χ2n) is 16.6. The van der Waals surface area contributed by atoms with Gasteiger partial charge in [0.05, 0.1) is 39.0 Å². The Balaban J connectivity index is 1.14. The second kappa shape index (κ2) is 11.7. The molecule has 1 aliphatic rings. The summed E-state index contributed by atoms with van der Waals surface area (Å²) >= 11 is 0. The number of rotatable bonds is 3. The van der Waals surface area contributed by atoms with Gasteiger partial charge in [0.1, 0.15) is 0 Å². The SMILES string of the molecule is CC1(C)c2ccccc2-c2ccc(-c3nc(-n4c5ccccc5c5c(-n6c7ccccc7c7cc8ccccc8cc76)c6ccccc6cc54)nc4ccccc34)cc21. The summed E-state index contributed by atoms with van der Waals surface area (Å²) in [4.78, 5) is 11.0. The van der Waals surface area contributed by atoms with Gasteiger partial charge in [-0.2, -0.15) is 0 Å². The van der Waals surface area contributed by atoms with Crippen molar-refractivity contribution < 1.29 is 0 Å². The first-order chi connectivity index (χ1) is 29.0. The van der Waals surface area contributed by atoms with Gasteiger partial charge in [-0.05, 0) is 80.9 Å². The number of benzene rings is 9. The first-order valence-electron chi connectivity index (χ1n) is 20.4. The van der Waals surface area contributed by atoms with E-state index in [0.717, 1.165) is 49.7 Å². The fourth-order valence-corrected chi connectivity index (χ4v) is 10.3. The van der Waals surface area contributed by atoms with Crippen LogP contribution in [0.15, 0.2) is 182 Å². The van der Waals surface area contributed by atoms with Crippen LogP contribution in [0.3, 0.4) is 0 Å². The van der Waals surface area contributed by atoms with Crippen molar-refractivity contribution in [3.8, 4) is 34.0 Å². The van der Waals surface area contributed by atoms with Crippen molar-refractivity contribution in [2.75, 3.05) is 0 Å². The molecule has 0 aliphatic heterocycles. The Kier molecular flexibility index (Phi) is 6.48. The highest BCUT2D eigenvalue weighted by molar-refractivity contribution is 6.23. The van der Waals surface area contributed by atoms with E-state index in [0.29, 0.717) is 5.95 Å². The fraction of sp³-hybridized carbons (Fsp3) is 0.0545. The van der Waals surface area contributed by atoms with Crippen LogP contribution in [0.2, 0.25) is 0 Å². The number of nitrogens with zero attached hydrogens (tertiary/aromatic N) is 4. The van der Waals surface area contributed by atoms with Gasteiger partial charge in [0.2, 0.25) is 5.95 Å². The summed E-state index contributed by atoms with van der Waals surface area (Å²) in [5.74, 6) is 0.655. The van der Waals surface area contributed by atoms with Gasteiger partial charge >= 0.3 is 0 Å². The Morgan fingerprint density at radius 1 is 0.407 bits per heavy atom. The molecule has 0 amide bonds. The smallest absolute Gasteiger partial charge is 0.235 e. The van der Waals surface area contributed by atoms with E-state index in [1.807, 2.05) is 0 Å². The van der Waals surface area contributed by atoms with Crippen molar-refractivity contribution in [1.82, 2.24) is 19.1 Å². The van der Waals surface area contributed by atoms with Gasteiger partial charge in [0, 0.05) is 43.3 Å². The van der Waals surface area contributed by atoms with Crippen molar-refractivity contribution >= 4 is 76.1 Å². The van der Waals surface area contributed by atoms with Crippen LogP contribution in [0, 0.1) is 0 Å². The number of hydrogen-bond donors (Lipinski definition) is 0. The largest absolute Gasteiger partial charge is 0.308 e. The maximum Gasteiger partial charge on any atom is 0.235 e. The lowest BCUT2D eigenvalue weighted by Crippen LogP contribution is -2.15. The third-order valence-electron chi connectivity index (χ3n) is 13.1. The van der Waals surface area contributed by atoms with Crippen molar-refractivity contribution in [1.29, 1.82) is 0 Å². The fourth-order valence-electron chi connectivity index (χ4n) is 10.3. The molecule has 0 N–H and O–H groups in total. The zero-order chi connectivity index (χ0) is 39.0.